The van der Waals surface area contributed by atoms with Gasteiger partial charge in [-0.05, 0) is 24.1 Å². The number of nitrogens with two attached hydrogens (primary N) is 1. The molecule has 6 nitrogen and oxygen atoms in total. The van der Waals surface area contributed by atoms with Gasteiger partial charge in [0.05, 0.1) is 5.52 Å². The molecule has 1 aromatic carbocycles. The van der Waals surface area contributed by atoms with E-state index in [0.29, 0.717) is 18.5 Å². The number of benzene rings is 1. The number of carbonyl (C=O) groups is 1. The number of aromatic nitrogens is 1. The first-order valence-electron chi connectivity index (χ1n) is 5.58. The van der Waals surface area contributed by atoms with E-state index in [9.17, 15) is 9.59 Å². The van der Waals surface area contributed by atoms with Crippen LogP contribution in [0, 0.1) is 0 Å². The van der Waals surface area contributed by atoms with Crippen LogP contribution in [0.3, 0.4) is 0 Å². The average molecular weight is 249 g/mol. The van der Waals surface area contributed by atoms with Gasteiger partial charge < -0.3 is 15.1 Å². The maximum atomic E-state index is 11.3. The van der Waals surface area contributed by atoms with E-state index < -0.39 is 6.03 Å². The lowest BCUT2D eigenvalue weighted by Gasteiger charge is -2.13. The van der Waals surface area contributed by atoms with E-state index in [1.54, 1.807) is 14.1 Å². The van der Waals surface area contributed by atoms with Crippen molar-refractivity contribution in [3.05, 3.63) is 34.3 Å². The number of hydrogen-bond donors (Lipinski definition) is 1. The van der Waals surface area contributed by atoms with E-state index in [1.165, 1.54) is 9.47 Å². The molecule has 0 saturated heterocycles. The van der Waals surface area contributed by atoms with Crippen LogP contribution in [0.2, 0.25) is 0 Å². The first-order chi connectivity index (χ1) is 8.49. The van der Waals surface area contributed by atoms with E-state index in [4.69, 9.17) is 10.2 Å². The Morgan fingerprint density at radius 3 is 2.89 bits per heavy atom. The molecular weight excluding hydrogens is 234 g/mol. The fourth-order valence-electron chi connectivity index (χ4n) is 1.74. The van der Waals surface area contributed by atoms with Gasteiger partial charge in [0.15, 0.2) is 5.58 Å². The second kappa shape index (κ2) is 4.56. The molecule has 0 radical (unpaired) electrons. The molecule has 2 aromatic rings. The Morgan fingerprint density at radius 2 is 2.22 bits per heavy atom. The summed E-state index contributed by atoms with van der Waals surface area (Å²) in [6.45, 7) is 0.526. The van der Waals surface area contributed by atoms with Crippen molar-refractivity contribution in [2.75, 3.05) is 13.6 Å². The molecule has 0 atom stereocenters. The summed E-state index contributed by atoms with van der Waals surface area (Å²) < 4.78 is 6.55. The Balaban J connectivity index is 2.20. The highest BCUT2D eigenvalue weighted by molar-refractivity contribution is 5.74. The van der Waals surface area contributed by atoms with Crippen LogP contribution in [-0.2, 0) is 13.5 Å². The van der Waals surface area contributed by atoms with Crippen molar-refractivity contribution in [2.45, 2.75) is 6.42 Å². The summed E-state index contributed by atoms with van der Waals surface area (Å²) in [5, 5.41) is 0. The van der Waals surface area contributed by atoms with E-state index >= 15 is 0 Å². The third-order valence-corrected chi connectivity index (χ3v) is 2.97. The standard InChI is InChI=1S/C12H15N3O3/c1-14(11(13)16)6-5-8-3-4-9-10(7-8)18-12(17)15(9)2/h3-4,7H,5-6H2,1-2H3,(H2,13,16). The van der Waals surface area contributed by atoms with Gasteiger partial charge in [0, 0.05) is 20.6 Å². The van der Waals surface area contributed by atoms with Gasteiger partial charge in [-0.3, -0.25) is 4.57 Å². The van der Waals surface area contributed by atoms with Crippen molar-refractivity contribution in [3.63, 3.8) is 0 Å². The monoisotopic (exact) mass is 249 g/mol. The lowest BCUT2D eigenvalue weighted by molar-refractivity contribution is 0.219. The number of likely N-dealkylation sites (N-methyl/N-ethyl adjacent to an activating group) is 1. The summed E-state index contributed by atoms with van der Waals surface area (Å²) in [5.74, 6) is -0.378. The molecule has 6 heteroatoms. The third kappa shape index (κ3) is 2.22. The fourth-order valence-corrected chi connectivity index (χ4v) is 1.74. The molecular formula is C12H15N3O3. The number of amides is 2. The molecule has 0 saturated carbocycles. The number of urea groups is 1. The highest BCUT2D eigenvalue weighted by atomic mass is 16.4. The molecule has 2 amide bonds. The van der Waals surface area contributed by atoms with Gasteiger partial charge >= 0.3 is 11.8 Å². The number of aryl methyl sites for hydroxylation is 1. The number of carbonyl (C=O) groups excluding carboxylic acids is 1. The van der Waals surface area contributed by atoms with Crippen molar-refractivity contribution in [1.29, 1.82) is 0 Å². The molecule has 0 bridgehead atoms. The molecule has 1 aromatic heterocycles. The lowest BCUT2D eigenvalue weighted by Crippen LogP contribution is -2.33. The molecule has 0 spiro atoms. The van der Waals surface area contributed by atoms with Crippen molar-refractivity contribution in [3.8, 4) is 0 Å². The largest absolute Gasteiger partial charge is 0.419 e. The predicted octanol–water partition coefficient (Wildman–Crippen LogP) is 0.685. The van der Waals surface area contributed by atoms with E-state index in [0.717, 1.165) is 11.1 Å². The number of nitrogens with zero attached hydrogens (tertiary/aromatic N) is 2. The summed E-state index contributed by atoms with van der Waals surface area (Å²) in [4.78, 5) is 23.6. The summed E-state index contributed by atoms with van der Waals surface area (Å²) in [7, 11) is 3.30. The number of hydrogen-bond acceptors (Lipinski definition) is 3. The molecule has 0 unspecified atom stereocenters. The van der Waals surface area contributed by atoms with Crippen molar-refractivity contribution < 1.29 is 9.21 Å². The summed E-state index contributed by atoms with van der Waals surface area (Å²) in [5.41, 5.74) is 7.44. The molecule has 0 aliphatic carbocycles. The zero-order valence-corrected chi connectivity index (χ0v) is 10.3. The molecule has 0 fully saturated rings. The highest BCUT2D eigenvalue weighted by Crippen LogP contribution is 2.14. The molecule has 0 aliphatic heterocycles. The Labute approximate surface area is 104 Å². The Morgan fingerprint density at radius 1 is 1.50 bits per heavy atom. The molecule has 2 N–H and O–H groups in total. The molecule has 96 valence electrons. The van der Waals surface area contributed by atoms with Gasteiger partial charge in [-0.1, -0.05) is 6.07 Å². The van der Waals surface area contributed by atoms with Gasteiger partial charge in [0.25, 0.3) is 0 Å². The lowest BCUT2D eigenvalue weighted by atomic mass is 10.1. The van der Waals surface area contributed by atoms with Crippen LogP contribution in [0.4, 0.5) is 4.79 Å². The molecule has 2 rings (SSSR count). The summed E-state index contributed by atoms with van der Waals surface area (Å²) in [6, 6.07) is 5.10. The SMILES string of the molecule is CN(CCc1ccc2c(c1)oc(=O)n2C)C(N)=O. The van der Waals surface area contributed by atoms with Crippen LogP contribution < -0.4 is 11.5 Å². The molecule has 18 heavy (non-hydrogen) atoms. The Kier molecular flexibility index (Phi) is 3.10. The van der Waals surface area contributed by atoms with Crippen LogP contribution >= 0.6 is 0 Å². The first kappa shape index (κ1) is 12.2. The fraction of sp³-hybridized carbons (Fsp3) is 0.333. The number of fused-ring (bicyclic) bond motifs is 1. The predicted molar refractivity (Wildman–Crippen MR) is 67.4 cm³/mol. The number of primary amides is 1. The summed E-state index contributed by atoms with van der Waals surface area (Å²) in [6.07, 6.45) is 0.661. The maximum absolute atomic E-state index is 11.3. The van der Waals surface area contributed by atoms with Gasteiger partial charge in [-0.15, -0.1) is 0 Å². The molecule has 1 heterocycles. The van der Waals surface area contributed by atoms with Crippen molar-refractivity contribution in [2.24, 2.45) is 12.8 Å². The summed E-state index contributed by atoms with van der Waals surface area (Å²) >= 11 is 0. The zero-order chi connectivity index (χ0) is 13.3. The van der Waals surface area contributed by atoms with Crippen LogP contribution in [0.15, 0.2) is 27.4 Å². The van der Waals surface area contributed by atoms with Crippen LogP contribution in [0.25, 0.3) is 11.1 Å². The smallest absolute Gasteiger partial charge is 0.408 e. The third-order valence-electron chi connectivity index (χ3n) is 2.97. The highest BCUT2D eigenvalue weighted by Gasteiger charge is 2.07. The quantitative estimate of drug-likeness (QED) is 0.868. The van der Waals surface area contributed by atoms with Gasteiger partial charge in [-0.2, -0.15) is 0 Å². The minimum atomic E-state index is -0.456. The average Bonchev–Trinajstić information content (AvgIpc) is 2.61. The van der Waals surface area contributed by atoms with Gasteiger partial charge in [-0.25, -0.2) is 9.59 Å². The van der Waals surface area contributed by atoms with E-state index in [2.05, 4.69) is 0 Å². The van der Waals surface area contributed by atoms with E-state index in [1.807, 2.05) is 18.2 Å². The second-order valence-corrected chi connectivity index (χ2v) is 4.24. The topological polar surface area (TPSA) is 81.5 Å². The van der Waals surface area contributed by atoms with Crippen molar-refractivity contribution >= 4 is 17.1 Å². The van der Waals surface area contributed by atoms with Crippen molar-refractivity contribution in [1.82, 2.24) is 9.47 Å². The normalized spacial score (nSPS) is 10.8. The maximum Gasteiger partial charge on any atom is 0.419 e. The Bertz CT molecular complexity index is 642. The van der Waals surface area contributed by atoms with E-state index in [-0.39, 0.29) is 5.76 Å². The van der Waals surface area contributed by atoms with Gasteiger partial charge in [0.2, 0.25) is 0 Å². The second-order valence-electron chi connectivity index (χ2n) is 4.24. The molecule has 0 aliphatic rings. The Hall–Kier alpha value is -2.24. The zero-order valence-electron chi connectivity index (χ0n) is 10.3. The minimum Gasteiger partial charge on any atom is -0.408 e. The van der Waals surface area contributed by atoms with Gasteiger partial charge in [0.1, 0.15) is 0 Å². The minimum absolute atomic E-state index is 0.378. The van der Waals surface area contributed by atoms with Crippen LogP contribution in [0.5, 0.6) is 0 Å². The first-order valence-corrected chi connectivity index (χ1v) is 5.58. The number of rotatable bonds is 3. The number of oxazole rings is 1. The van der Waals surface area contributed by atoms with Crippen LogP contribution in [0.1, 0.15) is 5.56 Å². The van der Waals surface area contributed by atoms with Crippen LogP contribution in [-0.4, -0.2) is 29.1 Å².